The van der Waals surface area contributed by atoms with Crippen LogP contribution in [-0.2, 0) is 4.74 Å². The van der Waals surface area contributed by atoms with Gasteiger partial charge in [-0.2, -0.15) is 0 Å². The van der Waals surface area contributed by atoms with Crippen LogP contribution in [0, 0.1) is 5.82 Å². The maximum Gasteiger partial charge on any atom is 0.139 e. The summed E-state index contributed by atoms with van der Waals surface area (Å²) in [5, 5.41) is -0.256. The van der Waals surface area contributed by atoms with Crippen LogP contribution in [0.5, 0.6) is 0 Å². The number of halogens is 3. The van der Waals surface area contributed by atoms with E-state index >= 15 is 0 Å². The van der Waals surface area contributed by atoms with E-state index in [1.807, 2.05) is 18.4 Å². The highest BCUT2D eigenvalue weighted by Gasteiger charge is 2.20. The number of hydrogen-bond donors (Lipinski definition) is 0. The van der Waals surface area contributed by atoms with Gasteiger partial charge < -0.3 is 9.30 Å². The lowest BCUT2D eigenvalue weighted by molar-refractivity contribution is 0.162. The molecule has 0 radical (unpaired) electrons. The minimum absolute atomic E-state index is 0.0727. The lowest BCUT2D eigenvalue weighted by atomic mass is 10.2. The Bertz CT molecular complexity index is 600. The van der Waals surface area contributed by atoms with Crippen molar-refractivity contribution in [3.05, 3.63) is 28.2 Å². The zero-order chi connectivity index (χ0) is 14.2. The number of aromatic nitrogens is 2. The molecule has 0 fully saturated rings. The molecule has 0 aliphatic rings. The van der Waals surface area contributed by atoms with Crippen LogP contribution in [-0.4, -0.2) is 23.3 Å². The number of benzene rings is 1. The molecule has 104 valence electrons. The molecule has 19 heavy (non-hydrogen) atoms. The Hall–Kier alpha value is -0.650. The molecule has 2 unspecified atom stereocenters. The van der Waals surface area contributed by atoms with Gasteiger partial charge in [0, 0.05) is 13.2 Å². The average molecular weight is 350 g/mol. The second-order valence-corrected chi connectivity index (χ2v) is 6.02. The van der Waals surface area contributed by atoms with Crippen molar-refractivity contribution in [1.29, 1.82) is 0 Å². The molecule has 2 aromatic rings. The van der Waals surface area contributed by atoms with Crippen LogP contribution in [0.4, 0.5) is 4.39 Å². The van der Waals surface area contributed by atoms with E-state index in [1.54, 1.807) is 13.2 Å². The number of fused-ring (bicyclic) bond motifs is 1. The summed E-state index contributed by atoms with van der Waals surface area (Å²) in [5.41, 5.74) is 1.45. The third-order valence-electron chi connectivity index (χ3n) is 2.96. The fraction of sp³-hybridized carbons (Fsp3) is 0.462. The Kier molecular flexibility index (Phi) is 4.48. The highest BCUT2D eigenvalue weighted by molar-refractivity contribution is 9.10. The third kappa shape index (κ3) is 2.78. The second kappa shape index (κ2) is 5.77. The van der Waals surface area contributed by atoms with Crippen LogP contribution in [0.2, 0.25) is 0 Å². The Labute approximate surface area is 124 Å². The van der Waals surface area contributed by atoms with Crippen LogP contribution in [0.3, 0.4) is 0 Å². The van der Waals surface area contributed by atoms with Gasteiger partial charge >= 0.3 is 0 Å². The van der Waals surface area contributed by atoms with Gasteiger partial charge in [0.05, 0.1) is 33.5 Å². The van der Waals surface area contributed by atoms with Crippen LogP contribution >= 0.6 is 27.5 Å². The van der Waals surface area contributed by atoms with Crippen LogP contribution in [0.15, 0.2) is 16.6 Å². The zero-order valence-corrected chi connectivity index (χ0v) is 13.3. The summed E-state index contributed by atoms with van der Waals surface area (Å²) in [7, 11) is 1.65. The largest absolute Gasteiger partial charge is 0.383 e. The summed E-state index contributed by atoms with van der Waals surface area (Å²) < 4.78 is 21.2. The van der Waals surface area contributed by atoms with E-state index in [2.05, 4.69) is 20.9 Å². The van der Waals surface area contributed by atoms with Gasteiger partial charge in [-0.25, -0.2) is 9.37 Å². The number of nitrogens with zero attached hydrogens (tertiary/aromatic N) is 2. The van der Waals surface area contributed by atoms with Crippen molar-refractivity contribution in [2.45, 2.75) is 25.3 Å². The highest BCUT2D eigenvalue weighted by Crippen LogP contribution is 2.31. The molecule has 6 heteroatoms. The van der Waals surface area contributed by atoms with Gasteiger partial charge in [-0.3, -0.25) is 0 Å². The molecular formula is C13H15BrClFN2O. The molecule has 2 rings (SSSR count). The molecule has 1 heterocycles. The van der Waals surface area contributed by atoms with Gasteiger partial charge in [-0.15, -0.1) is 11.6 Å². The molecule has 2 atom stereocenters. The monoisotopic (exact) mass is 348 g/mol. The van der Waals surface area contributed by atoms with E-state index in [-0.39, 0.29) is 17.2 Å². The number of rotatable bonds is 4. The van der Waals surface area contributed by atoms with Gasteiger partial charge in [0.25, 0.3) is 0 Å². The zero-order valence-electron chi connectivity index (χ0n) is 11.0. The molecule has 0 saturated heterocycles. The highest BCUT2D eigenvalue weighted by atomic mass is 79.9. The van der Waals surface area contributed by atoms with Crippen molar-refractivity contribution in [2.24, 2.45) is 0 Å². The maximum absolute atomic E-state index is 13.6. The van der Waals surface area contributed by atoms with Gasteiger partial charge in [0.1, 0.15) is 11.6 Å². The molecule has 0 N–H and O–H groups in total. The van der Waals surface area contributed by atoms with Crippen molar-refractivity contribution in [3.8, 4) is 0 Å². The van der Waals surface area contributed by atoms with E-state index in [9.17, 15) is 4.39 Å². The molecule has 0 saturated carbocycles. The van der Waals surface area contributed by atoms with Gasteiger partial charge in [0.2, 0.25) is 0 Å². The third-order valence-corrected chi connectivity index (χ3v) is 3.77. The predicted molar refractivity (Wildman–Crippen MR) is 78.2 cm³/mol. The van der Waals surface area contributed by atoms with Gasteiger partial charge in [0.15, 0.2) is 0 Å². The maximum atomic E-state index is 13.6. The SMILES string of the molecule is COCC(C)n1c(C(C)Cl)nc2cc(F)c(Br)cc21. The molecule has 3 nitrogen and oxygen atoms in total. The first-order chi connectivity index (χ1) is 8.95. The Balaban J connectivity index is 2.69. The predicted octanol–water partition coefficient (Wildman–Crippen LogP) is 4.45. The minimum atomic E-state index is -0.328. The number of hydrogen-bond acceptors (Lipinski definition) is 2. The first kappa shape index (κ1) is 14.8. The second-order valence-electron chi connectivity index (χ2n) is 4.52. The first-order valence-electron chi connectivity index (χ1n) is 5.95. The number of imidazole rings is 1. The van der Waals surface area contributed by atoms with Crippen molar-refractivity contribution in [1.82, 2.24) is 9.55 Å². The smallest absolute Gasteiger partial charge is 0.139 e. The quantitative estimate of drug-likeness (QED) is 0.763. The Morgan fingerprint density at radius 3 is 2.74 bits per heavy atom. The van der Waals surface area contributed by atoms with Crippen molar-refractivity contribution in [3.63, 3.8) is 0 Å². The fourth-order valence-corrected chi connectivity index (χ4v) is 2.65. The van der Waals surface area contributed by atoms with E-state index in [0.717, 1.165) is 11.3 Å². The van der Waals surface area contributed by atoms with E-state index in [4.69, 9.17) is 16.3 Å². The standard InChI is InChI=1S/C13H15BrClFN2O/c1-7(6-19-3)18-12-4-9(14)10(16)5-11(12)17-13(18)8(2)15/h4-5,7-8H,6H2,1-3H3. The first-order valence-corrected chi connectivity index (χ1v) is 7.18. The molecule has 1 aromatic carbocycles. The summed E-state index contributed by atoms with van der Waals surface area (Å²) in [6.07, 6.45) is 0. The molecule has 0 aliphatic carbocycles. The lowest BCUT2D eigenvalue weighted by Gasteiger charge is -2.17. The molecule has 0 amide bonds. The summed E-state index contributed by atoms with van der Waals surface area (Å²) in [5.74, 6) is 0.393. The molecular weight excluding hydrogens is 335 g/mol. The fourth-order valence-electron chi connectivity index (χ4n) is 2.17. The van der Waals surface area contributed by atoms with Crippen molar-refractivity contribution < 1.29 is 9.13 Å². The van der Waals surface area contributed by atoms with Gasteiger partial charge in [-0.1, -0.05) is 0 Å². The Morgan fingerprint density at radius 1 is 1.47 bits per heavy atom. The van der Waals surface area contributed by atoms with E-state index in [1.165, 1.54) is 6.07 Å². The normalized spacial score (nSPS) is 14.8. The molecule has 0 bridgehead atoms. The summed E-state index contributed by atoms with van der Waals surface area (Å²) in [6.45, 7) is 4.41. The molecule has 1 aromatic heterocycles. The van der Waals surface area contributed by atoms with Crippen LogP contribution in [0.1, 0.15) is 31.1 Å². The minimum Gasteiger partial charge on any atom is -0.383 e. The number of ether oxygens (including phenoxy) is 1. The lowest BCUT2D eigenvalue weighted by Crippen LogP contribution is -2.14. The van der Waals surface area contributed by atoms with Crippen LogP contribution in [0.25, 0.3) is 11.0 Å². The topological polar surface area (TPSA) is 27.1 Å². The number of methoxy groups -OCH3 is 1. The summed E-state index contributed by atoms with van der Waals surface area (Å²) >= 11 is 9.38. The van der Waals surface area contributed by atoms with Crippen molar-refractivity contribution in [2.75, 3.05) is 13.7 Å². The molecule has 0 aliphatic heterocycles. The number of alkyl halides is 1. The molecule has 0 spiro atoms. The summed E-state index contributed by atoms with van der Waals surface area (Å²) in [4.78, 5) is 4.43. The van der Waals surface area contributed by atoms with Crippen molar-refractivity contribution >= 4 is 38.6 Å². The van der Waals surface area contributed by atoms with Crippen LogP contribution < -0.4 is 0 Å². The Morgan fingerprint density at radius 2 is 2.16 bits per heavy atom. The summed E-state index contributed by atoms with van der Waals surface area (Å²) in [6, 6.07) is 3.22. The average Bonchev–Trinajstić information content (AvgIpc) is 2.69. The van der Waals surface area contributed by atoms with Gasteiger partial charge in [-0.05, 0) is 35.8 Å². The van der Waals surface area contributed by atoms with E-state index < -0.39 is 0 Å². The van der Waals surface area contributed by atoms with E-state index in [0.29, 0.717) is 16.6 Å².